The molecule has 0 aliphatic rings. The summed E-state index contributed by atoms with van der Waals surface area (Å²) in [4.78, 5) is 21.7. The molecule has 0 aliphatic carbocycles. The molecule has 0 unspecified atom stereocenters. The van der Waals surface area contributed by atoms with Crippen LogP contribution in [0.3, 0.4) is 0 Å². The van der Waals surface area contributed by atoms with Crippen LogP contribution >= 0.6 is 0 Å². The predicted molar refractivity (Wildman–Crippen MR) is 76.3 cm³/mol. The van der Waals surface area contributed by atoms with Crippen molar-refractivity contribution in [2.45, 2.75) is 19.8 Å². The average molecular weight is 289 g/mol. The normalized spacial score (nSPS) is 10.8. The van der Waals surface area contributed by atoms with Crippen LogP contribution in [-0.2, 0) is 4.79 Å². The van der Waals surface area contributed by atoms with Gasteiger partial charge < -0.3 is 10.4 Å². The van der Waals surface area contributed by atoms with Gasteiger partial charge in [-0.05, 0) is 24.1 Å². The summed E-state index contributed by atoms with van der Waals surface area (Å²) >= 11 is 0. The van der Waals surface area contributed by atoms with Gasteiger partial charge in [-0.15, -0.1) is 0 Å². The summed E-state index contributed by atoms with van der Waals surface area (Å²) < 4.78 is 0. The molecule has 0 aromatic heterocycles. The highest BCUT2D eigenvalue weighted by Crippen LogP contribution is 2.27. The topological polar surface area (TPSA) is 116 Å². The van der Waals surface area contributed by atoms with E-state index in [-0.39, 0.29) is 5.57 Å². The number of aromatic hydroxyl groups is 1. The lowest BCUT2D eigenvalue weighted by atomic mass is 10.1. The van der Waals surface area contributed by atoms with E-state index in [2.05, 4.69) is 5.32 Å². The number of phenolic OH excluding ortho intramolecular Hbond substituents is 1. The number of carbonyl (C=O) groups is 1. The number of nitro benzene ring substituents is 1. The number of nitriles is 1. The fraction of sp³-hybridized carbons (Fsp3) is 0.286. The van der Waals surface area contributed by atoms with Crippen molar-refractivity contribution in [3.63, 3.8) is 0 Å². The third-order valence-corrected chi connectivity index (χ3v) is 2.69. The highest BCUT2D eigenvalue weighted by molar-refractivity contribution is 6.01. The van der Waals surface area contributed by atoms with E-state index in [0.29, 0.717) is 12.1 Å². The summed E-state index contributed by atoms with van der Waals surface area (Å²) in [5.41, 5.74) is -0.333. The number of hydrogen-bond donors (Lipinski definition) is 2. The summed E-state index contributed by atoms with van der Waals surface area (Å²) in [5.74, 6) is -0.996. The van der Waals surface area contributed by atoms with Crippen LogP contribution in [-0.4, -0.2) is 22.5 Å². The van der Waals surface area contributed by atoms with Crippen molar-refractivity contribution < 1.29 is 14.8 Å². The number of unbranched alkanes of at least 4 members (excludes halogenated alkanes) is 1. The Balaban J connectivity index is 2.98. The fourth-order valence-electron chi connectivity index (χ4n) is 1.57. The summed E-state index contributed by atoms with van der Waals surface area (Å²) in [7, 11) is 0. The summed E-state index contributed by atoms with van der Waals surface area (Å²) in [6, 6.07) is 5.40. The molecule has 1 aromatic rings. The van der Waals surface area contributed by atoms with Crippen LogP contribution in [0.25, 0.3) is 6.08 Å². The van der Waals surface area contributed by atoms with Crippen LogP contribution in [0, 0.1) is 21.4 Å². The number of rotatable bonds is 6. The number of phenols is 1. The van der Waals surface area contributed by atoms with E-state index in [4.69, 9.17) is 5.26 Å². The first-order valence-corrected chi connectivity index (χ1v) is 6.37. The molecule has 0 saturated carbocycles. The number of benzene rings is 1. The Kier molecular flexibility index (Phi) is 5.89. The lowest BCUT2D eigenvalue weighted by Gasteiger charge is -2.03. The van der Waals surface area contributed by atoms with E-state index in [1.54, 1.807) is 6.07 Å². The standard InChI is InChI=1S/C14H15N3O4/c1-2-3-6-16-14(19)11(9-15)7-10-4-5-13(18)12(8-10)17(20)21/h4-5,7-8,18H,2-3,6H2,1H3,(H,16,19)/b11-7+. The first-order valence-electron chi connectivity index (χ1n) is 6.37. The summed E-state index contributed by atoms with van der Waals surface area (Å²) in [5, 5.41) is 31.6. The number of nitro groups is 1. The second kappa shape index (κ2) is 7.65. The van der Waals surface area contributed by atoms with Crippen molar-refractivity contribution in [2.75, 3.05) is 6.54 Å². The molecule has 0 aliphatic heterocycles. The van der Waals surface area contributed by atoms with Gasteiger partial charge in [-0.2, -0.15) is 5.26 Å². The number of nitrogens with one attached hydrogen (secondary N) is 1. The summed E-state index contributed by atoms with van der Waals surface area (Å²) in [6.45, 7) is 2.44. The van der Waals surface area contributed by atoms with Crippen molar-refractivity contribution >= 4 is 17.7 Å². The third kappa shape index (κ3) is 4.62. The molecule has 0 radical (unpaired) electrons. The lowest BCUT2D eigenvalue weighted by molar-refractivity contribution is -0.385. The molecule has 0 heterocycles. The van der Waals surface area contributed by atoms with Crippen molar-refractivity contribution in [3.8, 4) is 11.8 Å². The van der Waals surface area contributed by atoms with Crippen molar-refractivity contribution in [2.24, 2.45) is 0 Å². The molecular weight excluding hydrogens is 274 g/mol. The van der Waals surface area contributed by atoms with E-state index < -0.39 is 22.3 Å². The van der Waals surface area contributed by atoms with Crippen molar-refractivity contribution in [1.82, 2.24) is 5.32 Å². The largest absolute Gasteiger partial charge is 0.502 e. The molecule has 0 fully saturated rings. The molecule has 0 bridgehead atoms. The Morgan fingerprint density at radius 2 is 2.29 bits per heavy atom. The SMILES string of the molecule is CCCCNC(=O)/C(C#N)=C/c1ccc(O)c([N+](=O)[O-])c1. The smallest absolute Gasteiger partial charge is 0.311 e. The maximum absolute atomic E-state index is 11.8. The van der Waals surface area contributed by atoms with Gasteiger partial charge in [0.25, 0.3) is 5.91 Å². The molecule has 7 nitrogen and oxygen atoms in total. The van der Waals surface area contributed by atoms with Gasteiger partial charge in [0.05, 0.1) is 4.92 Å². The van der Waals surface area contributed by atoms with E-state index >= 15 is 0 Å². The van der Waals surface area contributed by atoms with Gasteiger partial charge in [0, 0.05) is 12.6 Å². The maximum Gasteiger partial charge on any atom is 0.311 e. The lowest BCUT2D eigenvalue weighted by Crippen LogP contribution is -2.25. The van der Waals surface area contributed by atoms with Crippen LogP contribution < -0.4 is 5.32 Å². The van der Waals surface area contributed by atoms with Gasteiger partial charge >= 0.3 is 5.69 Å². The minimum absolute atomic E-state index is 0.147. The first-order chi connectivity index (χ1) is 9.99. The molecule has 1 amide bonds. The Morgan fingerprint density at radius 1 is 1.57 bits per heavy atom. The zero-order valence-corrected chi connectivity index (χ0v) is 11.5. The molecule has 7 heteroatoms. The van der Waals surface area contributed by atoms with E-state index in [1.807, 2.05) is 6.92 Å². The van der Waals surface area contributed by atoms with E-state index in [1.165, 1.54) is 12.1 Å². The highest BCUT2D eigenvalue weighted by atomic mass is 16.6. The second-order valence-corrected chi connectivity index (χ2v) is 4.28. The van der Waals surface area contributed by atoms with Gasteiger partial charge in [-0.25, -0.2) is 0 Å². The van der Waals surface area contributed by atoms with Crippen molar-refractivity contribution in [3.05, 3.63) is 39.4 Å². The van der Waals surface area contributed by atoms with Crippen LogP contribution in [0.5, 0.6) is 5.75 Å². The van der Waals surface area contributed by atoms with Crippen molar-refractivity contribution in [1.29, 1.82) is 5.26 Å². The molecular formula is C14H15N3O4. The van der Waals surface area contributed by atoms with Crippen LogP contribution in [0.4, 0.5) is 5.69 Å². The van der Waals surface area contributed by atoms with Gasteiger partial charge in [0.2, 0.25) is 0 Å². The van der Waals surface area contributed by atoms with E-state index in [0.717, 1.165) is 25.0 Å². The molecule has 0 spiro atoms. The minimum atomic E-state index is -0.736. The molecule has 0 atom stereocenters. The van der Waals surface area contributed by atoms with Crippen LogP contribution in [0.2, 0.25) is 0 Å². The predicted octanol–water partition coefficient (Wildman–Crippen LogP) is 2.12. The van der Waals surface area contributed by atoms with E-state index in [9.17, 15) is 20.0 Å². The monoisotopic (exact) mass is 289 g/mol. The number of amides is 1. The maximum atomic E-state index is 11.8. The van der Waals surface area contributed by atoms with Gasteiger partial charge in [-0.1, -0.05) is 19.4 Å². The molecule has 2 N–H and O–H groups in total. The first kappa shape index (κ1) is 16.2. The molecule has 1 rings (SSSR count). The Labute approximate surface area is 121 Å². The quantitative estimate of drug-likeness (QED) is 0.273. The average Bonchev–Trinajstić information content (AvgIpc) is 2.46. The number of hydrogen-bond acceptors (Lipinski definition) is 5. The Morgan fingerprint density at radius 3 is 2.86 bits per heavy atom. The van der Waals surface area contributed by atoms with Gasteiger partial charge in [0.15, 0.2) is 5.75 Å². The van der Waals surface area contributed by atoms with Gasteiger partial charge in [0.1, 0.15) is 11.6 Å². The number of nitrogens with zero attached hydrogens (tertiary/aromatic N) is 2. The second-order valence-electron chi connectivity index (χ2n) is 4.28. The molecule has 21 heavy (non-hydrogen) atoms. The zero-order valence-electron chi connectivity index (χ0n) is 11.5. The molecule has 1 aromatic carbocycles. The summed E-state index contributed by atoms with van der Waals surface area (Å²) in [6.07, 6.45) is 2.96. The van der Waals surface area contributed by atoms with Crippen LogP contribution in [0.1, 0.15) is 25.3 Å². The van der Waals surface area contributed by atoms with Crippen LogP contribution in [0.15, 0.2) is 23.8 Å². The molecule has 110 valence electrons. The Bertz CT molecular complexity index is 617. The highest BCUT2D eigenvalue weighted by Gasteiger charge is 2.14. The van der Waals surface area contributed by atoms with Gasteiger partial charge in [-0.3, -0.25) is 14.9 Å². The minimum Gasteiger partial charge on any atom is -0.502 e. The Hall–Kier alpha value is -2.88. The fourth-order valence-corrected chi connectivity index (χ4v) is 1.57. The zero-order chi connectivity index (χ0) is 15.8. The third-order valence-electron chi connectivity index (χ3n) is 2.69. The molecule has 0 saturated heterocycles. The number of carbonyl (C=O) groups excluding carboxylic acids is 1.